The molecule has 2 heterocycles. The van der Waals surface area contributed by atoms with Crippen LogP contribution < -0.4 is 5.32 Å². The molecule has 0 aliphatic rings. The highest BCUT2D eigenvalue weighted by molar-refractivity contribution is 7.07. The summed E-state index contributed by atoms with van der Waals surface area (Å²) in [5, 5.41) is 8.19. The molecular weight excluding hydrogens is 256 g/mol. The molecule has 2 N–H and O–H groups in total. The number of hydrogen-bond donors (Lipinski definition) is 2. The normalized spacial score (nSPS) is 10.7. The molecule has 1 amide bonds. The number of nitrogens with one attached hydrogen (secondary N) is 2. The molecule has 0 aliphatic carbocycles. The maximum atomic E-state index is 12.2. The minimum absolute atomic E-state index is 0.0247. The van der Waals surface area contributed by atoms with Crippen molar-refractivity contribution in [2.75, 3.05) is 6.54 Å². The van der Waals surface area contributed by atoms with Crippen LogP contribution in [0.5, 0.6) is 0 Å². The van der Waals surface area contributed by atoms with Crippen LogP contribution in [0.25, 0.3) is 10.9 Å². The molecule has 0 radical (unpaired) electrons. The van der Waals surface area contributed by atoms with Crippen LogP contribution in [0.3, 0.4) is 0 Å². The van der Waals surface area contributed by atoms with Crippen LogP contribution >= 0.6 is 11.3 Å². The van der Waals surface area contributed by atoms with Crippen molar-refractivity contribution in [1.82, 2.24) is 10.3 Å². The van der Waals surface area contributed by atoms with Crippen molar-refractivity contribution in [3.8, 4) is 0 Å². The van der Waals surface area contributed by atoms with Gasteiger partial charge in [-0.25, -0.2) is 0 Å². The fraction of sp³-hybridized carbons (Fsp3) is 0.133. The zero-order chi connectivity index (χ0) is 13.1. The Kier molecular flexibility index (Phi) is 3.33. The molecule has 0 saturated carbocycles. The predicted octanol–water partition coefficient (Wildman–Crippen LogP) is 3.20. The van der Waals surface area contributed by atoms with Gasteiger partial charge in [-0.15, -0.1) is 0 Å². The van der Waals surface area contributed by atoms with Gasteiger partial charge in [-0.2, -0.15) is 11.3 Å². The van der Waals surface area contributed by atoms with E-state index in [0.29, 0.717) is 12.1 Å². The fourth-order valence-corrected chi connectivity index (χ4v) is 2.83. The van der Waals surface area contributed by atoms with E-state index < -0.39 is 0 Å². The summed E-state index contributed by atoms with van der Waals surface area (Å²) < 4.78 is 0. The summed E-state index contributed by atoms with van der Waals surface area (Å²) in [5.74, 6) is -0.0247. The van der Waals surface area contributed by atoms with Crippen LogP contribution in [-0.4, -0.2) is 17.4 Å². The first-order chi connectivity index (χ1) is 9.34. The average Bonchev–Trinajstić information content (AvgIpc) is 3.08. The summed E-state index contributed by atoms with van der Waals surface area (Å²) >= 11 is 1.68. The number of thiophene rings is 1. The summed E-state index contributed by atoms with van der Waals surface area (Å²) in [6, 6.07) is 9.80. The molecule has 3 rings (SSSR count). The Hall–Kier alpha value is -2.07. The second-order valence-electron chi connectivity index (χ2n) is 4.38. The number of rotatable bonds is 4. The highest BCUT2D eigenvalue weighted by Crippen LogP contribution is 2.16. The minimum atomic E-state index is -0.0247. The Morgan fingerprint density at radius 1 is 1.26 bits per heavy atom. The minimum Gasteiger partial charge on any atom is -0.361 e. The number of aromatic amines is 1. The lowest BCUT2D eigenvalue weighted by atomic mass is 10.1. The molecule has 0 bridgehead atoms. The molecule has 4 heteroatoms. The van der Waals surface area contributed by atoms with Gasteiger partial charge in [0.1, 0.15) is 0 Å². The Morgan fingerprint density at radius 2 is 2.21 bits per heavy atom. The number of H-pyrrole nitrogens is 1. The lowest BCUT2D eigenvalue weighted by Crippen LogP contribution is -2.25. The first-order valence-electron chi connectivity index (χ1n) is 6.20. The van der Waals surface area contributed by atoms with Gasteiger partial charge in [-0.3, -0.25) is 4.79 Å². The first kappa shape index (κ1) is 12.0. The van der Waals surface area contributed by atoms with Crippen LogP contribution in [-0.2, 0) is 6.42 Å². The van der Waals surface area contributed by atoms with Gasteiger partial charge in [0.2, 0.25) is 0 Å². The van der Waals surface area contributed by atoms with E-state index in [-0.39, 0.29) is 5.91 Å². The number of aromatic nitrogens is 1. The Bertz CT molecular complexity index is 685. The van der Waals surface area contributed by atoms with Crippen LogP contribution in [0, 0.1) is 0 Å². The molecule has 1 aromatic carbocycles. The van der Waals surface area contributed by atoms with Crippen LogP contribution in [0.4, 0.5) is 0 Å². The lowest BCUT2D eigenvalue weighted by molar-refractivity contribution is 0.0955. The third-order valence-electron chi connectivity index (χ3n) is 3.11. The predicted molar refractivity (Wildman–Crippen MR) is 78.7 cm³/mol. The lowest BCUT2D eigenvalue weighted by Gasteiger charge is -2.05. The van der Waals surface area contributed by atoms with Gasteiger partial charge in [0.15, 0.2) is 0 Å². The van der Waals surface area contributed by atoms with E-state index in [1.807, 2.05) is 30.5 Å². The molecule has 0 spiro atoms. The Balaban J connectivity index is 1.68. The third-order valence-corrected chi connectivity index (χ3v) is 3.84. The van der Waals surface area contributed by atoms with Gasteiger partial charge < -0.3 is 10.3 Å². The van der Waals surface area contributed by atoms with E-state index in [1.54, 1.807) is 11.3 Å². The number of amides is 1. The fourth-order valence-electron chi connectivity index (χ4n) is 2.12. The molecule has 0 unspecified atom stereocenters. The number of carbonyl (C=O) groups excluding carboxylic acids is 1. The van der Waals surface area contributed by atoms with E-state index in [2.05, 4.69) is 27.1 Å². The standard InChI is InChI=1S/C15H14N2OS/c18-15(17-7-4-11-6-9-19-10-11)13-3-1-2-12-5-8-16-14(12)13/h1-3,5-6,8-10,16H,4,7H2,(H,17,18). The Labute approximate surface area is 115 Å². The molecule has 19 heavy (non-hydrogen) atoms. The number of benzene rings is 1. The van der Waals surface area contributed by atoms with Crippen molar-refractivity contribution in [3.63, 3.8) is 0 Å². The third kappa shape index (κ3) is 2.53. The monoisotopic (exact) mass is 270 g/mol. The number of carbonyl (C=O) groups is 1. The van der Waals surface area contributed by atoms with Crippen molar-refractivity contribution in [2.24, 2.45) is 0 Å². The van der Waals surface area contributed by atoms with Gasteiger partial charge in [-0.1, -0.05) is 12.1 Å². The molecule has 0 atom stereocenters. The summed E-state index contributed by atoms with van der Waals surface area (Å²) in [6.45, 7) is 0.659. The van der Waals surface area contributed by atoms with E-state index >= 15 is 0 Å². The largest absolute Gasteiger partial charge is 0.361 e. The average molecular weight is 270 g/mol. The number of hydrogen-bond acceptors (Lipinski definition) is 2. The van der Waals surface area contributed by atoms with E-state index in [1.165, 1.54) is 5.56 Å². The summed E-state index contributed by atoms with van der Waals surface area (Å²) in [5.41, 5.74) is 2.87. The smallest absolute Gasteiger partial charge is 0.253 e. The second-order valence-corrected chi connectivity index (χ2v) is 5.17. The second kappa shape index (κ2) is 5.28. The van der Waals surface area contributed by atoms with Gasteiger partial charge in [0, 0.05) is 18.1 Å². The first-order valence-corrected chi connectivity index (χ1v) is 7.14. The van der Waals surface area contributed by atoms with Crippen molar-refractivity contribution in [3.05, 3.63) is 58.4 Å². The zero-order valence-electron chi connectivity index (χ0n) is 10.3. The van der Waals surface area contributed by atoms with Crippen LogP contribution in [0.2, 0.25) is 0 Å². The SMILES string of the molecule is O=C(NCCc1ccsc1)c1cccc2cc[nH]c12. The number of fused-ring (bicyclic) bond motifs is 1. The Morgan fingerprint density at radius 3 is 3.05 bits per heavy atom. The van der Waals surface area contributed by atoms with Gasteiger partial charge in [0.25, 0.3) is 5.91 Å². The highest BCUT2D eigenvalue weighted by Gasteiger charge is 2.09. The van der Waals surface area contributed by atoms with E-state index in [9.17, 15) is 4.79 Å². The van der Waals surface area contributed by atoms with Crippen molar-refractivity contribution in [2.45, 2.75) is 6.42 Å². The topological polar surface area (TPSA) is 44.9 Å². The van der Waals surface area contributed by atoms with Crippen LogP contribution in [0.15, 0.2) is 47.3 Å². The summed E-state index contributed by atoms with van der Waals surface area (Å²) in [7, 11) is 0. The molecule has 0 fully saturated rings. The van der Waals surface area contributed by atoms with Crippen molar-refractivity contribution in [1.29, 1.82) is 0 Å². The molecule has 0 saturated heterocycles. The molecule has 96 valence electrons. The molecule has 2 aromatic heterocycles. The van der Waals surface area contributed by atoms with Gasteiger partial charge >= 0.3 is 0 Å². The molecule has 3 aromatic rings. The van der Waals surface area contributed by atoms with Crippen molar-refractivity contribution >= 4 is 28.1 Å². The molecule has 3 nitrogen and oxygen atoms in total. The maximum Gasteiger partial charge on any atom is 0.253 e. The van der Waals surface area contributed by atoms with E-state index in [0.717, 1.165) is 17.3 Å². The zero-order valence-corrected chi connectivity index (χ0v) is 11.2. The van der Waals surface area contributed by atoms with Gasteiger partial charge in [0.05, 0.1) is 11.1 Å². The summed E-state index contributed by atoms with van der Waals surface area (Å²) in [6.07, 6.45) is 2.72. The number of para-hydroxylation sites is 1. The highest BCUT2D eigenvalue weighted by atomic mass is 32.1. The maximum absolute atomic E-state index is 12.2. The van der Waals surface area contributed by atoms with Gasteiger partial charge in [-0.05, 0) is 40.9 Å². The van der Waals surface area contributed by atoms with Crippen molar-refractivity contribution < 1.29 is 4.79 Å². The van der Waals surface area contributed by atoms with Crippen LogP contribution in [0.1, 0.15) is 15.9 Å². The summed E-state index contributed by atoms with van der Waals surface area (Å²) in [4.78, 5) is 15.3. The van der Waals surface area contributed by atoms with E-state index in [4.69, 9.17) is 0 Å². The quantitative estimate of drug-likeness (QED) is 0.751. The molecule has 0 aliphatic heterocycles. The molecular formula is C15H14N2OS.